The van der Waals surface area contributed by atoms with Gasteiger partial charge in [0.05, 0.1) is 25.5 Å². The molecule has 8 nitrogen and oxygen atoms in total. The lowest BCUT2D eigenvalue weighted by Crippen LogP contribution is -2.09. The number of carbonyl (C=O) groups is 1. The first-order valence-electron chi connectivity index (χ1n) is 8.72. The number of hydrogen-bond acceptors (Lipinski definition) is 9. The quantitative estimate of drug-likeness (QED) is 0.251. The molecule has 3 rings (SSSR count). The van der Waals surface area contributed by atoms with E-state index in [9.17, 15) is 4.79 Å². The van der Waals surface area contributed by atoms with Gasteiger partial charge in [-0.2, -0.15) is 5.10 Å². The van der Waals surface area contributed by atoms with Gasteiger partial charge in [-0.15, -0.1) is 11.3 Å². The van der Waals surface area contributed by atoms with E-state index >= 15 is 0 Å². The monoisotopic (exact) mass is 412 g/mol. The van der Waals surface area contributed by atoms with Crippen LogP contribution < -0.4 is 25.4 Å². The molecule has 3 aromatic rings. The van der Waals surface area contributed by atoms with E-state index in [1.807, 2.05) is 6.92 Å². The smallest absolute Gasteiger partial charge is 0.343 e. The summed E-state index contributed by atoms with van der Waals surface area (Å²) in [6, 6.07) is 11.8. The molecular formula is C20H20N4O4S. The number of hydrogen-bond donors (Lipinski definition) is 2. The Balaban J connectivity index is 1.71. The lowest BCUT2D eigenvalue weighted by atomic mass is 10.2. The number of carbonyl (C=O) groups excluding carboxylic acids is 1. The average molecular weight is 412 g/mol. The zero-order chi connectivity index (χ0) is 20.6. The fraction of sp³-hybridized carbons (Fsp3) is 0.150. The summed E-state index contributed by atoms with van der Waals surface area (Å²) in [5.74, 6) is 1.38. The second-order valence-electron chi connectivity index (χ2n) is 5.70. The van der Waals surface area contributed by atoms with Gasteiger partial charge in [0.1, 0.15) is 11.6 Å². The topological polar surface area (TPSA) is 108 Å². The highest BCUT2D eigenvalue weighted by atomic mass is 32.1. The summed E-state index contributed by atoms with van der Waals surface area (Å²) >= 11 is 1.35. The first-order valence-corrected chi connectivity index (χ1v) is 9.60. The number of ether oxygens (including phenoxy) is 3. The Morgan fingerprint density at radius 3 is 2.69 bits per heavy atom. The Bertz CT molecular complexity index is 1000. The molecule has 0 fully saturated rings. The van der Waals surface area contributed by atoms with Crippen LogP contribution in [-0.2, 0) is 0 Å². The number of nitrogen functional groups attached to an aromatic ring is 1. The summed E-state index contributed by atoms with van der Waals surface area (Å²) in [5, 5.41) is 6.43. The van der Waals surface area contributed by atoms with Gasteiger partial charge in [-0.3, -0.25) is 5.43 Å². The van der Waals surface area contributed by atoms with E-state index in [1.165, 1.54) is 11.3 Å². The molecule has 1 heterocycles. The summed E-state index contributed by atoms with van der Waals surface area (Å²) in [6.07, 6.45) is 1.61. The van der Waals surface area contributed by atoms with E-state index in [2.05, 4.69) is 15.5 Å². The minimum Gasteiger partial charge on any atom is -0.497 e. The van der Waals surface area contributed by atoms with Gasteiger partial charge in [-0.05, 0) is 55.0 Å². The van der Waals surface area contributed by atoms with Gasteiger partial charge in [0.25, 0.3) is 0 Å². The number of rotatable bonds is 8. The van der Waals surface area contributed by atoms with Crippen LogP contribution in [0.15, 0.2) is 52.9 Å². The van der Waals surface area contributed by atoms with Crippen molar-refractivity contribution in [2.24, 2.45) is 5.10 Å². The van der Waals surface area contributed by atoms with Gasteiger partial charge in [0, 0.05) is 5.38 Å². The molecule has 0 unspecified atom stereocenters. The molecule has 3 N–H and O–H groups in total. The number of thiazole rings is 1. The van der Waals surface area contributed by atoms with Crippen molar-refractivity contribution in [2.45, 2.75) is 6.92 Å². The first kappa shape index (κ1) is 20.2. The number of nitrogens with one attached hydrogen (secondary N) is 1. The van der Waals surface area contributed by atoms with E-state index < -0.39 is 5.97 Å². The van der Waals surface area contributed by atoms with Crippen molar-refractivity contribution >= 4 is 34.5 Å². The molecule has 0 aliphatic rings. The van der Waals surface area contributed by atoms with Crippen LogP contribution in [0.1, 0.15) is 22.8 Å². The van der Waals surface area contributed by atoms with Crippen molar-refractivity contribution in [3.8, 4) is 17.2 Å². The van der Waals surface area contributed by atoms with E-state index in [4.69, 9.17) is 19.9 Å². The molecule has 0 spiro atoms. The van der Waals surface area contributed by atoms with Crippen molar-refractivity contribution in [1.29, 1.82) is 0 Å². The zero-order valence-corrected chi connectivity index (χ0v) is 16.7. The van der Waals surface area contributed by atoms with Crippen LogP contribution in [0.5, 0.6) is 17.2 Å². The Morgan fingerprint density at radius 2 is 2.03 bits per heavy atom. The number of esters is 1. The predicted octanol–water partition coefficient (Wildman–Crippen LogP) is 3.80. The third kappa shape index (κ3) is 5.45. The number of aromatic nitrogens is 1. The largest absolute Gasteiger partial charge is 0.497 e. The van der Waals surface area contributed by atoms with Crippen LogP contribution in [0.4, 0.5) is 10.9 Å². The number of benzene rings is 2. The van der Waals surface area contributed by atoms with E-state index in [1.54, 1.807) is 61.2 Å². The predicted molar refractivity (Wildman–Crippen MR) is 113 cm³/mol. The Kier molecular flexibility index (Phi) is 6.64. The molecule has 0 atom stereocenters. The van der Waals surface area contributed by atoms with E-state index in [0.717, 1.165) is 5.56 Å². The Hall–Kier alpha value is -3.59. The van der Waals surface area contributed by atoms with Crippen molar-refractivity contribution in [1.82, 2.24) is 4.98 Å². The molecule has 1 aromatic heterocycles. The summed E-state index contributed by atoms with van der Waals surface area (Å²) in [6.45, 7) is 2.27. The number of methoxy groups -OCH3 is 1. The highest BCUT2D eigenvalue weighted by Crippen LogP contribution is 2.29. The SMILES string of the molecule is CCOc1cc(C=NNc2nc(N)cs2)ccc1OC(=O)c1ccc(OC)cc1. The molecule has 29 heavy (non-hydrogen) atoms. The Labute approximate surface area is 171 Å². The first-order chi connectivity index (χ1) is 14.1. The number of anilines is 2. The minimum atomic E-state index is -0.488. The number of hydrazone groups is 1. The minimum absolute atomic E-state index is 0.325. The van der Waals surface area contributed by atoms with Crippen LogP contribution in [0.2, 0.25) is 0 Å². The molecule has 0 saturated heterocycles. The third-order valence-corrected chi connectivity index (χ3v) is 4.46. The summed E-state index contributed by atoms with van der Waals surface area (Å²) in [7, 11) is 1.56. The molecule has 9 heteroatoms. The van der Waals surface area contributed by atoms with Crippen LogP contribution in [0.3, 0.4) is 0 Å². The number of nitrogens with zero attached hydrogens (tertiary/aromatic N) is 2. The number of nitrogens with two attached hydrogens (primary N) is 1. The fourth-order valence-electron chi connectivity index (χ4n) is 2.34. The second kappa shape index (κ2) is 9.56. The molecule has 0 saturated carbocycles. The summed E-state index contributed by atoms with van der Waals surface area (Å²) in [4.78, 5) is 16.5. The second-order valence-corrected chi connectivity index (χ2v) is 6.56. The lowest BCUT2D eigenvalue weighted by molar-refractivity contribution is 0.0728. The van der Waals surface area contributed by atoms with Crippen LogP contribution >= 0.6 is 11.3 Å². The van der Waals surface area contributed by atoms with E-state index in [-0.39, 0.29) is 0 Å². The van der Waals surface area contributed by atoms with Gasteiger partial charge in [0.15, 0.2) is 11.5 Å². The Morgan fingerprint density at radius 1 is 1.24 bits per heavy atom. The van der Waals surface area contributed by atoms with Crippen molar-refractivity contribution in [2.75, 3.05) is 24.9 Å². The average Bonchev–Trinajstić information content (AvgIpc) is 3.15. The molecule has 0 aliphatic carbocycles. The molecule has 0 aliphatic heterocycles. The summed E-state index contributed by atoms with van der Waals surface area (Å²) < 4.78 is 16.2. The van der Waals surface area contributed by atoms with E-state index in [0.29, 0.717) is 40.4 Å². The maximum Gasteiger partial charge on any atom is 0.343 e. The lowest BCUT2D eigenvalue weighted by Gasteiger charge is -2.11. The van der Waals surface area contributed by atoms with Crippen molar-refractivity contribution in [3.05, 3.63) is 59.0 Å². The maximum atomic E-state index is 12.4. The van der Waals surface area contributed by atoms with Gasteiger partial charge >= 0.3 is 5.97 Å². The zero-order valence-electron chi connectivity index (χ0n) is 15.9. The molecule has 0 amide bonds. The van der Waals surface area contributed by atoms with Crippen molar-refractivity contribution < 1.29 is 19.0 Å². The molecule has 0 bridgehead atoms. The molecule has 0 radical (unpaired) electrons. The normalized spacial score (nSPS) is 10.7. The fourth-order valence-corrected chi connectivity index (χ4v) is 2.89. The van der Waals surface area contributed by atoms with Crippen LogP contribution in [-0.4, -0.2) is 30.9 Å². The van der Waals surface area contributed by atoms with Crippen LogP contribution in [0.25, 0.3) is 0 Å². The highest BCUT2D eigenvalue weighted by molar-refractivity contribution is 7.14. The highest BCUT2D eigenvalue weighted by Gasteiger charge is 2.13. The van der Waals surface area contributed by atoms with Gasteiger partial charge in [-0.1, -0.05) is 0 Å². The van der Waals surface area contributed by atoms with Gasteiger partial charge < -0.3 is 19.9 Å². The third-order valence-electron chi connectivity index (χ3n) is 3.69. The summed E-state index contributed by atoms with van der Waals surface area (Å²) in [5.41, 5.74) is 9.54. The molecular weight excluding hydrogens is 392 g/mol. The molecule has 2 aromatic carbocycles. The van der Waals surface area contributed by atoms with Gasteiger partial charge in [0.2, 0.25) is 5.13 Å². The maximum absolute atomic E-state index is 12.4. The van der Waals surface area contributed by atoms with Crippen molar-refractivity contribution in [3.63, 3.8) is 0 Å². The van der Waals surface area contributed by atoms with Crippen LogP contribution in [0, 0.1) is 0 Å². The van der Waals surface area contributed by atoms with Gasteiger partial charge in [-0.25, -0.2) is 9.78 Å². The molecule has 150 valence electrons. The standard InChI is InChI=1S/C20H20N4O4S/c1-3-27-17-10-13(11-22-24-20-23-18(21)12-29-20)4-9-16(17)28-19(25)14-5-7-15(26-2)8-6-14/h4-12H,3,21H2,1-2H3,(H,23,24).